The van der Waals surface area contributed by atoms with Gasteiger partial charge in [-0.3, -0.25) is 4.79 Å². The van der Waals surface area contributed by atoms with Gasteiger partial charge in [-0.25, -0.2) is 4.98 Å². The van der Waals surface area contributed by atoms with Crippen molar-refractivity contribution in [3.05, 3.63) is 18.2 Å². The Bertz CT molecular complexity index is 442. The summed E-state index contributed by atoms with van der Waals surface area (Å²) in [4.78, 5) is 18.8. The van der Waals surface area contributed by atoms with Gasteiger partial charge in [0, 0.05) is 25.5 Å². The van der Waals surface area contributed by atoms with Crippen LogP contribution in [0.2, 0.25) is 0 Å². The lowest BCUT2D eigenvalue weighted by atomic mass is 10.0. The van der Waals surface area contributed by atoms with Crippen LogP contribution >= 0.6 is 0 Å². The summed E-state index contributed by atoms with van der Waals surface area (Å²) in [7, 11) is 0. The lowest BCUT2D eigenvalue weighted by molar-refractivity contribution is -0.141. The minimum absolute atomic E-state index is 0.0778. The predicted molar refractivity (Wildman–Crippen MR) is 77.3 cm³/mol. The highest BCUT2D eigenvalue weighted by atomic mass is 16.5. The van der Waals surface area contributed by atoms with E-state index in [1.54, 1.807) is 0 Å². The van der Waals surface area contributed by atoms with E-state index in [0.29, 0.717) is 0 Å². The molecule has 0 aliphatic carbocycles. The highest BCUT2D eigenvalue weighted by Gasteiger charge is 2.30. The fourth-order valence-electron chi connectivity index (χ4n) is 2.70. The Hall–Kier alpha value is -1.36. The fourth-order valence-corrected chi connectivity index (χ4v) is 2.70. The average molecular weight is 279 g/mol. The van der Waals surface area contributed by atoms with E-state index in [1.165, 1.54) is 0 Å². The van der Waals surface area contributed by atoms with Crippen LogP contribution in [0.25, 0.3) is 0 Å². The molecule has 0 radical (unpaired) electrons. The molecule has 0 aromatic carbocycles. The number of imidazole rings is 1. The number of carbonyl (C=O) groups is 1. The number of ether oxygens (including phenoxy) is 1. The maximum absolute atomic E-state index is 12.4. The molecule has 1 fully saturated rings. The van der Waals surface area contributed by atoms with Gasteiger partial charge < -0.3 is 14.2 Å². The molecule has 1 aromatic rings. The second-order valence-corrected chi connectivity index (χ2v) is 5.53. The van der Waals surface area contributed by atoms with Crippen LogP contribution in [0.1, 0.15) is 51.9 Å². The second kappa shape index (κ2) is 6.88. The van der Waals surface area contributed by atoms with Gasteiger partial charge in [0.1, 0.15) is 12.4 Å². The molecule has 1 atom stereocenters. The van der Waals surface area contributed by atoms with Gasteiger partial charge in [0.15, 0.2) is 0 Å². The number of carbonyl (C=O) groups excluding carboxylic acids is 1. The fraction of sp³-hybridized carbons (Fsp3) is 0.733. The third-order valence-corrected chi connectivity index (χ3v) is 3.75. The van der Waals surface area contributed by atoms with E-state index in [2.05, 4.69) is 16.5 Å². The molecule has 1 aliphatic heterocycles. The Morgan fingerprint density at radius 2 is 2.30 bits per heavy atom. The van der Waals surface area contributed by atoms with E-state index in [1.807, 2.05) is 31.1 Å². The Labute approximate surface area is 120 Å². The average Bonchev–Trinajstić information content (AvgIpc) is 2.93. The van der Waals surface area contributed by atoms with E-state index >= 15 is 0 Å². The molecule has 0 saturated carbocycles. The summed E-state index contributed by atoms with van der Waals surface area (Å²) in [5.41, 5.74) is 0. The molecule has 0 N–H and O–H groups in total. The quantitative estimate of drug-likeness (QED) is 0.831. The standard InChI is InChI=1S/C15H25N3O2/c1-4-17-10-8-16-15(17)13-7-5-6-9-18(13)14(19)11-20-12(2)3/h8,10,12-13H,4-7,9,11H2,1-3H3/t13-/m1/s1. The van der Waals surface area contributed by atoms with Crippen molar-refractivity contribution in [1.29, 1.82) is 0 Å². The van der Waals surface area contributed by atoms with Crippen molar-refractivity contribution < 1.29 is 9.53 Å². The molecular weight excluding hydrogens is 254 g/mol. The monoisotopic (exact) mass is 279 g/mol. The van der Waals surface area contributed by atoms with Crippen molar-refractivity contribution in [3.63, 3.8) is 0 Å². The van der Waals surface area contributed by atoms with Crippen LogP contribution in [-0.4, -0.2) is 39.6 Å². The molecule has 1 aliphatic rings. The highest BCUT2D eigenvalue weighted by Crippen LogP contribution is 2.30. The molecule has 1 saturated heterocycles. The van der Waals surface area contributed by atoms with Gasteiger partial charge in [-0.15, -0.1) is 0 Å². The maximum atomic E-state index is 12.4. The number of hydrogen-bond acceptors (Lipinski definition) is 3. The first kappa shape index (κ1) is 15.0. The van der Waals surface area contributed by atoms with Gasteiger partial charge >= 0.3 is 0 Å². The Balaban J connectivity index is 2.11. The first-order valence-electron chi connectivity index (χ1n) is 7.55. The SMILES string of the molecule is CCn1ccnc1[C@H]1CCCCN1C(=O)COC(C)C. The van der Waals surface area contributed by atoms with Crippen LogP contribution in [-0.2, 0) is 16.1 Å². The number of piperidine rings is 1. The van der Waals surface area contributed by atoms with E-state index < -0.39 is 0 Å². The summed E-state index contributed by atoms with van der Waals surface area (Å²) in [5, 5.41) is 0. The molecule has 112 valence electrons. The van der Waals surface area contributed by atoms with Crippen LogP contribution in [0.5, 0.6) is 0 Å². The summed E-state index contributed by atoms with van der Waals surface area (Å²) < 4.78 is 7.59. The number of nitrogens with zero attached hydrogens (tertiary/aromatic N) is 3. The Kier molecular flexibility index (Phi) is 5.17. The van der Waals surface area contributed by atoms with Gasteiger partial charge in [0.05, 0.1) is 12.1 Å². The zero-order valence-electron chi connectivity index (χ0n) is 12.7. The molecule has 0 bridgehead atoms. The topological polar surface area (TPSA) is 47.4 Å². The Morgan fingerprint density at radius 1 is 1.50 bits per heavy atom. The largest absolute Gasteiger partial charge is 0.369 e. The number of aryl methyl sites for hydroxylation is 1. The Morgan fingerprint density at radius 3 is 3.00 bits per heavy atom. The minimum Gasteiger partial charge on any atom is -0.369 e. The summed E-state index contributed by atoms with van der Waals surface area (Å²) in [6.45, 7) is 7.86. The smallest absolute Gasteiger partial charge is 0.249 e. The molecule has 2 heterocycles. The van der Waals surface area contributed by atoms with Gasteiger partial charge in [-0.1, -0.05) is 0 Å². The van der Waals surface area contributed by atoms with Crippen LogP contribution < -0.4 is 0 Å². The molecule has 1 aromatic heterocycles. The maximum Gasteiger partial charge on any atom is 0.249 e. The first-order chi connectivity index (χ1) is 9.63. The van der Waals surface area contributed by atoms with Crippen LogP contribution in [0, 0.1) is 0 Å². The number of hydrogen-bond donors (Lipinski definition) is 0. The number of aromatic nitrogens is 2. The number of likely N-dealkylation sites (tertiary alicyclic amines) is 1. The van der Waals surface area contributed by atoms with Crippen LogP contribution in [0.3, 0.4) is 0 Å². The van der Waals surface area contributed by atoms with Crippen LogP contribution in [0.4, 0.5) is 0 Å². The van der Waals surface area contributed by atoms with Crippen LogP contribution in [0.15, 0.2) is 12.4 Å². The van der Waals surface area contributed by atoms with E-state index in [9.17, 15) is 4.79 Å². The normalized spacial score (nSPS) is 19.6. The van der Waals surface area contributed by atoms with Crippen molar-refractivity contribution in [2.75, 3.05) is 13.2 Å². The lowest BCUT2D eigenvalue weighted by Crippen LogP contribution is -2.41. The van der Waals surface area contributed by atoms with Crippen molar-refractivity contribution in [3.8, 4) is 0 Å². The van der Waals surface area contributed by atoms with Crippen molar-refractivity contribution in [1.82, 2.24) is 14.5 Å². The van der Waals surface area contributed by atoms with E-state index in [0.717, 1.165) is 38.2 Å². The minimum atomic E-state index is 0.0778. The number of rotatable bonds is 5. The summed E-state index contributed by atoms with van der Waals surface area (Å²) in [5.74, 6) is 1.08. The second-order valence-electron chi connectivity index (χ2n) is 5.53. The summed E-state index contributed by atoms with van der Waals surface area (Å²) in [6, 6.07) is 0.0990. The predicted octanol–water partition coefficient (Wildman–Crippen LogP) is 2.38. The molecule has 5 heteroatoms. The molecule has 1 amide bonds. The van der Waals surface area contributed by atoms with Crippen molar-refractivity contribution in [2.45, 2.75) is 58.7 Å². The van der Waals surface area contributed by atoms with Gasteiger partial charge in [0.2, 0.25) is 5.91 Å². The lowest BCUT2D eigenvalue weighted by Gasteiger charge is -2.35. The third-order valence-electron chi connectivity index (χ3n) is 3.75. The van der Waals surface area contributed by atoms with E-state index in [-0.39, 0.29) is 24.7 Å². The molecular formula is C15H25N3O2. The van der Waals surface area contributed by atoms with Gasteiger partial charge in [0.25, 0.3) is 0 Å². The van der Waals surface area contributed by atoms with Crippen molar-refractivity contribution >= 4 is 5.91 Å². The van der Waals surface area contributed by atoms with Crippen molar-refractivity contribution in [2.24, 2.45) is 0 Å². The molecule has 5 nitrogen and oxygen atoms in total. The number of amides is 1. The molecule has 2 rings (SSSR count). The first-order valence-corrected chi connectivity index (χ1v) is 7.55. The zero-order valence-corrected chi connectivity index (χ0v) is 12.7. The third kappa shape index (κ3) is 3.39. The highest BCUT2D eigenvalue weighted by molar-refractivity contribution is 5.78. The molecule has 0 unspecified atom stereocenters. The molecule has 20 heavy (non-hydrogen) atoms. The van der Waals surface area contributed by atoms with E-state index in [4.69, 9.17) is 4.74 Å². The zero-order chi connectivity index (χ0) is 14.5. The summed E-state index contributed by atoms with van der Waals surface area (Å²) >= 11 is 0. The molecule has 0 spiro atoms. The van der Waals surface area contributed by atoms with Gasteiger partial charge in [-0.2, -0.15) is 0 Å². The summed E-state index contributed by atoms with van der Waals surface area (Å²) in [6.07, 6.45) is 7.09. The van der Waals surface area contributed by atoms with Gasteiger partial charge in [-0.05, 0) is 40.0 Å².